The smallest absolute Gasteiger partial charge is 0.263 e. The first-order chi connectivity index (χ1) is 12.5. The summed E-state index contributed by atoms with van der Waals surface area (Å²) in [5.74, 6) is 0.713. The highest BCUT2D eigenvalue weighted by Crippen LogP contribution is 2.21. The van der Waals surface area contributed by atoms with Crippen molar-refractivity contribution in [3.8, 4) is 0 Å². The highest BCUT2D eigenvalue weighted by Gasteiger charge is 2.23. The van der Waals surface area contributed by atoms with E-state index in [4.69, 9.17) is 11.6 Å². The number of halogens is 1. The van der Waals surface area contributed by atoms with Gasteiger partial charge in [-0.2, -0.15) is 0 Å². The molecule has 0 bridgehead atoms. The lowest BCUT2D eigenvalue weighted by atomic mass is 9.97. The molecule has 1 aromatic heterocycles. The number of carbonyl (C=O) groups is 1. The van der Waals surface area contributed by atoms with Gasteiger partial charge < -0.3 is 9.80 Å². The van der Waals surface area contributed by atoms with Crippen LogP contribution in [0.1, 0.15) is 33.0 Å². The van der Waals surface area contributed by atoms with Gasteiger partial charge in [-0.25, -0.2) is 0 Å². The molecule has 1 amide bonds. The molecule has 2 aromatic rings. The van der Waals surface area contributed by atoms with Crippen LogP contribution in [0.2, 0.25) is 5.02 Å². The molecule has 1 fully saturated rings. The van der Waals surface area contributed by atoms with E-state index >= 15 is 0 Å². The van der Waals surface area contributed by atoms with Crippen molar-refractivity contribution < 1.29 is 4.79 Å². The summed E-state index contributed by atoms with van der Waals surface area (Å²) in [7, 11) is 1.93. The van der Waals surface area contributed by atoms with Gasteiger partial charge >= 0.3 is 0 Å². The third-order valence-electron chi connectivity index (χ3n) is 5.06. The Morgan fingerprint density at radius 3 is 2.73 bits per heavy atom. The molecule has 0 saturated carbocycles. The number of benzene rings is 1. The molecule has 0 spiro atoms. The van der Waals surface area contributed by atoms with Gasteiger partial charge in [0.2, 0.25) is 0 Å². The molecule has 1 saturated heterocycles. The summed E-state index contributed by atoms with van der Waals surface area (Å²) in [5, 5.41) is 0.792. The van der Waals surface area contributed by atoms with Gasteiger partial charge in [0, 0.05) is 36.6 Å². The van der Waals surface area contributed by atoms with Gasteiger partial charge in [-0.1, -0.05) is 23.7 Å². The molecule has 0 N–H and O–H groups in total. The molecule has 0 radical (unpaired) electrons. The molecular weight excluding hydrogens is 364 g/mol. The van der Waals surface area contributed by atoms with Crippen LogP contribution in [0.4, 0.5) is 0 Å². The molecule has 5 heteroatoms. The van der Waals surface area contributed by atoms with Crippen molar-refractivity contribution in [3.05, 3.63) is 56.7 Å². The number of amides is 1. The number of thiophene rings is 1. The van der Waals surface area contributed by atoms with Crippen LogP contribution in [-0.2, 0) is 6.42 Å². The summed E-state index contributed by atoms with van der Waals surface area (Å²) >= 11 is 7.54. The van der Waals surface area contributed by atoms with E-state index in [0.29, 0.717) is 5.92 Å². The fourth-order valence-electron chi connectivity index (χ4n) is 3.65. The van der Waals surface area contributed by atoms with E-state index in [0.717, 1.165) is 42.5 Å². The second-order valence-corrected chi connectivity index (χ2v) is 9.01. The molecule has 1 atom stereocenters. The van der Waals surface area contributed by atoms with E-state index in [1.807, 2.05) is 43.1 Å². The molecule has 0 aliphatic carbocycles. The van der Waals surface area contributed by atoms with E-state index in [9.17, 15) is 4.79 Å². The normalized spacial score (nSPS) is 18.0. The maximum atomic E-state index is 12.6. The quantitative estimate of drug-likeness (QED) is 0.711. The van der Waals surface area contributed by atoms with Crippen LogP contribution >= 0.6 is 22.9 Å². The third kappa shape index (κ3) is 5.32. The molecule has 1 aromatic carbocycles. The van der Waals surface area contributed by atoms with E-state index in [-0.39, 0.29) is 5.91 Å². The number of nitrogens with zero attached hydrogens (tertiary/aromatic N) is 2. The minimum atomic E-state index is 0.154. The summed E-state index contributed by atoms with van der Waals surface area (Å²) < 4.78 is 0. The van der Waals surface area contributed by atoms with E-state index in [1.165, 1.54) is 23.3 Å². The van der Waals surface area contributed by atoms with Gasteiger partial charge in [-0.3, -0.25) is 4.79 Å². The van der Waals surface area contributed by atoms with Crippen LogP contribution in [0.25, 0.3) is 0 Å². The third-order valence-corrected chi connectivity index (χ3v) is 6.30. The fraction of sp³-hybridized carbons (Fsp3) is 0.476. The number of aryl methyl sites for hydroxylation is 1. The number of likely N-dealkylation sites (tertiary alicyclic amines) is 1. The monoisotopic (exact) mass is 390 g/mol. The molecule has 2 heterocycles. The van der Waals surface area contributed by atoms with Crippen molar-refractivity contribution in [1.82, 2.24) is 9.80 Å². The van der Waals surface area contributed by atoms with Gasteiger partial charge in [-0.05, 0) is 68.5 Å². The van der Waals surface area contributed by atoms with Gasteiger partial charge in [0.25, 0.3) is 5.91 Å². The number of hydrogen-bond acceptors (Lipinski definition) is 3. The van der Waals surface area contributed by atoms with Crippen LogP contribution in [0.5, 0.6) is 0 Å². The Kier molecular flexibility index (Phi) is 6.74. The van der Waals surface area contributed by atoms with Crippen molar-refractivity contribution in [2.75, 3.05) is 33.2 Å². The second kappa shape index (κ2) is 9.03. The molecule has 1 aliphatic heterocycles. The molecule has 26 heavy (non-hydrogen) atoms. The fourth-order valence-corrected chi connectivity index (χ4v) is 4.64. The minimum Gasteiger partial charge on any atom is -0.341 e. The Balaban J connectivity index is 1.48. The highest BCUT2D eigenvalue weighted by molar-refractivity contribution is 7.13. The number of piperidine rings is 1. The predicted molar refractivity (Wildman–Crippen MR) is 110 cm³/mol. The first-order valence-corrected chi connectivity index (χ1v) is 10.5. The average molecular weight is 391 g/mol. The maximum absolute atomic E-state index is 12.6. The van der Waals surface area contributed by atoms with Gasteiger partial charge in [-0.15, -0.1) is 11.3 Å². The van der Waals surface area contributed by atoms with Gasteiger partial charge in [0.15, 0.2) is 0 Å². The van der Waals surface area contributed by atoms with Crippen LogP contribution in [0.15, 0.2) is 36.4 Å². The lowest BCUT2D eigenvalue weighted by Crippen LogP contribution is -2.42. The summed E-state index contributed by atoms with van der Waals surface area (Å²) in [4.78, 5) is 19.0. The van der Waals surface area contributed by atoms with Crippen molar-refractivity contribution in [2.45, 2.75) is 26.2 Å². The molecule has 3 nitrogen and oxygen atoms in total. The Bertz CT molecular complexity index is 728. The largest absolute Gasteiger partial charge is 0.341 e. The van der Waals surface area contributed by atoms with Crippen LogP contribution < -0.4 is 0 Å². The minimum absolute atomic E-state index is 0.154. The zero-order valence-electron chi connectivity index (χ0n) is 15.6. The molecule has 140 valence electrons. The van der Waals surface area contributed by atoms with Crippen LogP contribution in [-0.4, -0.2) is 48.9 Å². The maximum Gasteiger partial charge on any atom is 0.263 e. The molecule has 0 unspecified atom stereocenters. The summed E-state index contributed by atoms with van der Waals surface area (Å²) in [6, 6.07) is 12.1. The van der Waals surface area contributed by atoms with Crippen LogP contribution in [0.3, 0.4) is 0 Å². The summed E-state index contributed by atoms with van der Waals surface area (Å²) in [5.41, 5.74) is 1.33. The van der Waals surface area contributed by atoms with Gasteiger partial charge in [0.05, 0.1) is 4.88 Å². The van der Waals surface area contributed by atoms with E-state index in [1.54, 1.807) is 11.3 Å². The molecular formula is C21H27ClN2OS. The summed E-state index contributed by atoms with van der Waals surface area (Å²) in [6.07, 6.45) is 3.47. The van der Waals surface area contributed by atoms with Crippen molar-refractivity contribution in [3.63, 3.8) is 0 Å². The Morgan fingerprint density at radius 1 is 1.27 bits per heavy atom. The Hall–Kier alpha value is -1.36. The lowest BCUT2D eigenvalue weighted by molar-refractivity contribution is 0.0735. The van der Waals surface area contributed by atoms with E-state index in [2.05, 4.69) is 17.0 Å². The molecule has 3 rings (SSSR count). The topological polar surface area (TPSA) is 23.6 Å². The number of rotatable bonds is 6. The predicted octanol–water partition coefficient (Wildman–Crippen LogP) is 4.74. The summed E-state index contributed by atoms with van der Waals surface area (Å²) in [6.45, 7) is 6.19. The van der Waals surface area contributed by atoms with Crippen LogP contribution in [0, 0.1) is 12.8 Å². The second-order valence-electron chi connectivity index (χ2n) is 7.28. The average Bonchev–Trinajstić information content (AvgIpc) is 3.07. The first-order valence-electron chi connectivity index (χ1n) is 9.30. The highest BCUT2D eigenvalue weighted by atomic mass is 35.5. The number of hydrogen-bond donors (Lipinski definition) is 0. The number of carbonyl (C=O) groups excluding carboxylic acids is 1. The first kappa shape index (κ1) is 19.4. The standard InChI is InChI=1S/C21H27ClN2OS/c1-16-5-10-20(26-16)21(25)23(2)14-18-4-3-12-24(15-18)13-11-17-6-8-19(22)9-7-17/h5-10,18H,3-4,11-15H2,1-2H3/t18-/m0/s1. The SMILES string of the molecule is Cc1ccc(C(=O)N(C)C[C@@H]2CCCN(CCc3ccc(Cl)cc3)C2)s1. The Labute approximate surface area is 165 Å². The Morgan fingerprint density at radius 2 is 2.04 bits per heavy atom. The van der Waals surface area contributed by atoms with Crippen molar-refractivity contribution >= 4 is 28.8 Å². The van der Waals surface area contributed by atoms with E-state index < -0.39 is 0 Å². The molecule has 1 aliphatic rings. The lowest BCUT2D eigenvalue weighted by Gasteiger charge is -2.34. The van der Waals surface area contributed by atoms with Crippen molar-refractivity contribution in [1.29, 1.82) is 0 Å². The zero-order chi connectivity index (χ0) is 18.5. The zero-order valence-corrected chi connectivity index (χ0v) is 17.2. The van der Waals surface area contributed by atoms with Gasteiger partial charge in [0.1, 0.15) is 0 Å². The van der Waals surface area contributed by atoms with Crippen molar-refractivity contribution in [2.24, 2.45) is 5.92 Å².